The second-order valence-electron chi connectivity index (χ2n) is 7.76. The maximum absolute atomic E-state index is 12.7. The molecule has 160 valence electrons. The van der Waals surface area contributed by atoms with Crippen LogP contribution in [0.4, 0.5) is 11.4 Å². The Morgan fingerprint density at radius 1 is 0.844 bits per heavy atom. The molecule has 3 aromatic carbocycles. The van der Waals surface area contributed by atoms with Gasteiger partial charge in [-0.25, -0.2) is 4.68 Å². The summed E-state index contributed by atoms with van der Waals surface area (Å²) in [6.07, 6.45) is 3.61. The van der Waals surface area contributed by atoms with Crippen LogP contribution in [0.15, 0.2) is 85.2 Å². The maximum Gasteiger partial charge on any atom is 0.255 e. The van der Waals surface area contributed by atoms with E-state index in [0.717, 1.165) is 28.1 Å². The van der Waals surface area contributed by atoms with Crippen molar-refractivity contribution in [3.05, 3.63) is 107 Å². The van der Waals surface area contributed by atoms with Crippen molar-refractivity contribution in [2.24, 2.45) is 0 Å². The third kappa shape index (κ3) is 5.29. The van der Waals surface area contributed by atoms with Crippen LogP contribution in [0.2, 0.25) is 0 Å². The first-order chi connectivity index (χ1) is 15.5. The van der Waals surface area contributed by atoms with Crippen LogP contribution < -0.4 is 10.6 Å². The molecule has 2 amide bonds. The standard InChI is InChI=1S/C26H24N4O2/c1-18-6-3-8-20(12-18)14-25(31)28-23-16-27-30(17-23)24-11-5-9-21(15-24)26(32)29-22-10-4-7-19(2)13-22/h3-13,15-17H,14H2,1-2H3,(H,28,31)(H,29,32). The van der Waals surface area contributed by atoms with E-state index in [1.807, 2.05) is 68.4 Å². The van der Waals surface area contributed by atoms with Gasteiger partial charge in [-0.1, -0.05) is 48.0 Å². The Morgan fingerprint density at radius 3 is 2.38 bits per heavy atom. The second-order valence-corrected chi connectivity index (χ2v) is 7.76. The highest BCUT2D eigenvalue weighted by molar-refractivity contribution is 6.04. The number of carbonyl (C=O) groups is 2. The van der Waals surface area contributed by atoms with Crippen LogP contribution in [0, 0.1) is 13.8 Å². The predicted molar refractivity (Wildman–Crippen MR) is 126 cm³/mol. The zero-order valence-electron chi connectivity index (χ0n) is 18.0. The highest BCUT2D eigenvalue weighted by atomic mass is 16.2. The zero-order chi connectivity index (χ0) is 22.5. The summed E-state index contributed by atoms with van der Waals surface area (Å²) in [4.78, 5) is 25.0. The van der Waals surface area contributed by atoms with Crippen LogP contribution in [0.1, 0.15) is 27.0 Å². The SMILES string of the molecule is Cc1cccc(CC(=O)Nc2cnn(-c3cccc(C(=O)Nc4cccc(C)c4)c3)c2)c1. The summed E-state index contributed by atoms with van der Waals surface area (Å²) in [6.45, 7) is 3.98. The minimum Gasteiger partial charge on any atom is -0.323 e. The van der Waals surface area contributed by atoms with Crippen LogP contribution in [-0.2, 0) is 11.2 Å². The molecule has 1 heterocycles. The molecule has 32 heavy (non-hydrogen) atoms. The maximum atomic E-state index is 12.7. The number of aromatic nitrogens is 2. The van der Waals surface area contributed by atoms with E-state index in [0.29, 0.717) is 17.7 Å². The van der Waals surface area contributed by atoms with Gasteiger partial charge < -0.3 is 10.6 Å². The van der Waals surface area contributed by atoms with E-state index < -0.39 is 0 Å². The number of benzene rings is 3. The van der Waals surface area contributed by atoms with Crippen molar-refractivity contribution in [2.45, 2.75) is 20.3 Å². The Morgan fingerprint density at radius 2 is 1.59 bits per heavy atom. The first-order valence-corrected chi connectivity index (χ1v) is 10.3. The monoisotopic (exact) mass is 424 g/mol. The Labute approximate surface area is 186 Å². The summed E-state index contributed by atoms with van der Waals surface area (Å²) in [5.74, 6) is -0.308. The molecule has 0 aliphatic rings. The van der Waals surface area contributed by atoms with Crippen LogP contribution in [0.25, 0.3) is 5.69 Å². The molecule has 0 saturated carbocycles. The van der Waals surface area contributed by atoms with Gasteiger partial charge in [0.2, 0.25) is 5.91 Å². The van der Waals surface area contributed by atoms with E-state index in [9.17, 15) is 9.59 Å². The number of nitrogens with one attached hydrogen (secondary N) is 2. The topological polar surface area (TPSA) is 76.0 Å². The van der Waals surface area contributed by atoms with Crippen molar-refractivity contribution >= 4 is 23.2 Å². The molecule has 0 aliphatic heterocycles. The Hall–Kier alpha value is -4.19. The van der Waals surface area contributed by atoms with Crippen LogP contribution in [-0.4, -0.2) is 21.6 Å². The van der Waals surface area contributed by atoms with E-state index >= 15 is 0 Å². The van der Waals surface area contributed by atoms with Gasteiger partial charge in [-0.05, 0) is 55.3 Å². The third-order valence-corrected chi connectivity index (χ3v) is 4.96. The van der Waals surface area contributed by atoms with Gasteiger partial charge in [-0.3, -0.25) is 9.59 Å². The van der Waals surface area contributed by atoms with E-state index in [1.165, 1.54) is 0 Å². The van der Waals surface area contributed by atoms with Gasteiger partial charge >= 0.3 is 0 Å². The number of carbonyl (C=O) groups excluding carboxylic acids is 2. The lowest BCUT2D eigenvalue weighted by molar-refractivity contribution is -0.115. The van der Waals surface area contributed by atoms with Crippen LogP contribution >= 0.6 is 0 Å². The molecule has 0 saturated heterocycles. The van der Waals surface area contributed by atoms with Gasteiger partial charge in [-0.15, -0.1) is 0 Å². The summed E-state index contributed by atoms with van der Waals surface area (Å²) >= 11 is 0. The normalized spacial score (nSPS) is 10.6. The quantitative estimate of drug-likeness (QED) is 0.461. The fourth-order valence-corrected chi connectivity index (χ4v) is 3.46. The molecule has 1 aromatic heterocycles. The van der Waals surface area contributed by atoms with Crippen molar-refractivity contribution in [1.29, 1.82) is 0 Å². The molecule has 0 fully saturated rings. The number of hydrogen-bond acceptors (Lipinski definition) is 3. The molecular weight excluding hydrogens is 400 g/mol. The van der Waals surface area contributed by atoms with Crippen molar-refractivity contribution < 1.29 is 9.59 Å². The first-order valence-electron chi connectivity index (χ1n) is 10.3. The zero-order valence-corrected chi connectivity index (χ0v) is 18.0. The molecule has 0 bridgehead atoms. The average molecular weight is 425 g/mol. The smallest absolute Gasteiger partial charge is 0.255 e. The van der Waals surface area contributed by atoms with Gasteiger partial charge in [0, 0.05) is 11.3 Å². The highest BCUT2D eigenvalue weighted by Gasteiger charge is 2.10. The molecule has 6 heteroatoms. The highest BCUT2D eigenvalue weighted by Crippen LogP contribution is 2.16. The van der Waals surface area contributed by atoms with Gasteiger partial charge in [-0.2, -0.15) is 5.10 Å². The number of amides is 2. The number of rotatable bonds is 6. The minimum absolute atomic E-state index is 0.110. The lowest BCUT2D eigenvalue weighted by Gasteiger charge is -2.08. The largest absolute Gasteiger partial charge is 0.323 e. The lowest BCUT2D eigenvalue weighted by atomic mass is 10.1. The molecule has 0 atom stereocenters. The first kappa shape index (κ1) is 21.1. The van der Waals surface area contributed by atoms with Gasteiger partial charge in [0.15, 0.2) is 0 Å². The molecule has 0 unspecified atom stereocenters. The summed E-state index contributed by atoms with van der Waals surface area (Å²) in [6, 6.07) is 22.7. The molecule has 0 aliphatic carbocycles. The summed E-state index contributed by atoms with van der Waals surface area (Å²) < 4.78 is 1.63. The van der Waals surface area contributed by atoms with Crippen molar-refractivity contribution in [1.82, 2.24) is 9.78 Å². The van der Waals surface area contributed by atoms with Crippen LogP contribution in [0.3, 0.4) is 0 Å². The molecule has 4 rings (SSSR count). The average Bonchev–Trinajstić information content (AvgIpc) is 3.22. The van der Waals surface area contributed by atoms with Gasteiger partial charge in [0.05, 0.1) is 30.2 Å². The van der Waals surface area contributed by atoms with Crippen molar-refractivity contribution in [2.75, 3.05) is 10.6 Å². The van der Waals surface area contributed by atoms with Gasteiger partial charge in [0.25, 0.3) is 5.91 Å². The van der Waals surface area contributed by atoms with Gasteiger partial charge in [0.1, 0.15) is 0 Å². The number of nitrogens with zero attached hydrogens (tertiary/aromatic N) is 2. The minimum atomic E-state index is -0.198. The number of hydrogen-bond donors (Lipinski definition) is 2. The Kier molecular flexibility index (Phi) is 6.12. The number of aryl methyl sites for hydroxylation is 2. The van der Waals surface area contributed by atoms with E-state index in [1.54, 1.807) is 35.3 Å². The summed E-state index contributed by atoms with van der Waals surface area (Å²) in [5.41, 5.74) is 5.74. The molecule has 0 spiro atoms. The molecular formula is C26H24N4O2. The van der Waals surface area contributed by atoms with E-state index in [2.05, 4.69) is 15.7 Å². The van der Waals surface area contributed by atoms with E-state index in [-0.39, 0.29) is 11.8 Å². The number of anilines is 2. The molecule has 2 N–H and O–H groups in total. The predicted octanol–water partition coefficient (Wildman–Crippen LogP) is 4.92. The Bertz CT molecular complexity index is 1280. The molecule has 0 radical (unpaired) electrons. The fourth-order valence-electron chi connectivity index (χ4n) is 3.46. The fraction of sp³-hybridized carbons (Fsp3) is 0.115. The molecule has 4 aromatic rings. The lowest BCUT2D eigenvalue weighted by Crippen LogP contribution is -2.14. The second kappa shape index (κ2) is 9.31. The Balaban J connectivity index is 1.43. The molecule has 6 nitrogen and oxygen atoms in total. The summed E-state index contributed by atoms with van der Waals surface area (Å²) in [7, 11) is 0. The van der Waals surface area contributed by atoms with Crippen molar-refractivity contribution in [3.8, 4) is 5.69 Å². The summed E-state index contributed by atoms with van der Waals surface area (Å²) in [5, 5.41) is 10.1. The van der Waals surface area contributed by atoms with E-state index in [4.69, 9.17) is 0 Å². The van der Waals surface area contributed by atoms with Crippen LogP contribution in [0.5, 0.6) is 0 Å². The van der Waals surface area contributed by atoms with Crippen molar-refractivity contribution in [3.63, 3.8) is 0 Å². The third-order valence-electron chi connectivity index (χ3n) is 4.96.